The summed E-state index contributed by atoms with van der Waals surface area (Å²) in [7, 11) is 0. The zero-order valence-electron chi connectivity index (χ0n) is 19.5. The fraction of sp³-hybridized carbons (Fsp3) is 0.500. The number of ether oxygens (including phenoxy) is 1. The molecule has 2 aliphatic carbocycles. The summed E-state index contributed by atoms with van der Waals surface area (Å²) >= 11 is 0. The first-order chi connectivity index (χ1) is 16.5. The van der Waals surface area contributed by atoms with Crippen molar-refractivity contribution in [3.63, 3.8) is 0 Å². The number of carbonyl (C=O) groups is 1. The van der Waals surface area contributed by atoms with Crippen LogP contribution >= 0.6 is 0 Å². The molecule has 8 nitrogen and oxygen atoms in total. The number of aromatic nitrogens is 3. The molecule has 3 N–H and O–H groups in total. The number of nitrogens with one attached hydrogen (secondary N) is 1. The summed E-state index contributed by atoms with van der Waals surface area (Å²) in [6.07, 6.45) is 8.15. The third kappa shape index (κ3) is 4.28. The standard InChI is InChI=1S/C26H32N4O4/c1-17-23(25(33)29-26(14-19(31)20(32)15-26)22-11-5-6-12-27-22)30-13-7-10-21(24(30)28-17)34-16-18-8-3-2-4-9-18/h5-7,10-13,18-20,31-32H,2-4,8-9,14-16H2,1H3,(H,29,33)/t19-,20+,26?. The number of amides is 1. The molecule has 3 atom stereocenters. The van der Waals surface area contributed by atoms with Crippen LogP contribution in [0.15, 0.2) is 42.7 Å². The molecule has 3 aromatic rings. The third-order valence-corrected chi connectivity index (χ3v) is 7.27. The largest absolute Gasteiger partial charge is 0.489 e. The van der Waals surface area contributed by atoms with Crippen molar-refractivity contribution in [2.75, 3.05) is 6.61 Å². The van der Waals surface area contributed by atoms with Gasteiger partial charge in [-0.3, -0.25) is 14.2 Å². The Morgan fingerprint density at radius 1 is 1.15 bits per heavy atom. The molecule has 1 unspecified atom stereocenters. The van der Waals surface area contributed by atoms with Gasteiger partial charge in [-0.1, -0.05) is 25.3 Å². The van der Waals surface area contributed by atoms with Gasteiger partial charge in [-0.25, -0.2) is 4.98 Å². The van der Waals surface area contributed by atoms with Gasteiger partial charge in [0.15, 0.2) is 11.4 Å². The lowest BCUT2D eigenvalue weighted by Gasteiger charge is -2.30. The Hall–Kier alpha value is -2.97. The molecule has 2 fully saturated rings. The smallest absolute Gasteiger partial charge is 0.270 e. The minimum Gasteiger partial charge on any atom is -0.489 e. The first-order valence-electron chi connectivity index (χ1n) is 12.2. The monoisotopic (exact) mass is 464 g/mol. The van der Waals surface area contributed by atoms with Crippen LogP contribution in [-0.2, 0) is 5.54 Å². The highest BCUT2D eigenvalue weighted by atomic mass is 16.5. The molecule has 0 radical (unpaired) electrons. The summed E-state index contributed by atoms with van der Waals surface area (Å²) in [5.74, 6) is 0.897. The van der Waals surface area contributed by atoms with Crippen LogP contribution in [0.2, 0.25) is 0 Å². The molecule has 0 bridgehead atoms. The van der Waals surface area contributed by atoms with Gasteiger partial charge in [0.25, 0.3) is 5.91 Å². The Labute approximate surface area is 199 Å². The van der Waals surface area contributed by atoms with Gasteiger partial charge in [-0.2, -0.15) is 0 Å². The van der Waals surface area contributed by atoms with Gasteiger partial charge in [-0.05, 0) is 49.9 Å². The van der Waals surface area contributed by atoms with E-state index in [1.165, 1.54) is 32.1 Å². The van der Waals surface area contributed by atoms with Crippen LogP contribution in [0.4, 0.5) is 0 Å². The number of aliphatic hydroxyl groups is 2. The maximum Gasteiger partial charge on any atom is 0.270 e. The van der Waals surface area contributed by atoms with Crippen molar-refractivity contribution in [3.8, 4) is 5.75 Å². The number of hydrogen-bond acceptors (Lipinski definition) is 6. The molecule has 0 saturated heterocycles. The quantitative estimate of drug-likeness (QED) is 0.517. The predicted octanol–water partition coefficient (Wildman–Crippen LogP) is 3.14. The first kappa shape index (κ1) is 22.8. The lowest BCUT2D eigenvalue weighted by atomic mass is 9.90. The van der Waals surface area contributed by atoms with Gasteiger partial charge in [0, 0.05) is 25.2 Å². The summed E-state index contributed by atoms with van der Waals surface area (Å²) in [4.78, 5) is 22.7. The van der Waals surface area contributed by atoms with Crippen molar-refractivity contribution < 1.29 is 19.7 Å². The van der Waals surface area contributed by atoms with E-state index in [1.807, 2.05) is 30.5 Å². The van der Waals surface area contributed by atoms with E-state index in [0.29, 0.717) is 41.0 Å². The third-order valence-electron chi connectivity index (χ3n) is 7.27. The highest BCUT2D eigenvalue weighted by molar-refractivity contribution is 5.95. The second-order valence-corrected chi connectivity index (χ2v) is 9.72. The Balaban J connectivity index is 1.43. The molecular weight excluding hydrogens is 432 g/mol. The van der Waals surface area contributed by atoms with E-state index in [0.717, 1.165) is 0 Å². The highest BCUT2D eigenvalue weighted by Crippen LogP contribution is 2.39. The maximum absolute atomic E-state index is 13.6. The maximum atomic E-state index is 13.6. The second kappa shape index (κ2) is 9.35. The van der Waals surface area contributed by atoms with Crippen LogP contribution < -0.4 is 10.1 Å². The van der Waals surface area contributed by atoms with Gasteiger partial charge in [0.05, 0.1) is 35.7 Å². The molecule has 3 aromatic heterocycles. The lowest BCUT2D eigenvalue weighted by molar-refractivity contribution is 0.0438. The van der Waals surface area contributed by atoms with Crippen LogP contribution in [0.3, 0.4) is 0 Å². The van der Waals surface area contributed by atoms with Crippen molar-refractivity contribution in [2.24, 2.45) is 5.92 Å². The number of rotatable bonds is 6. The highest BCUT2D eigenvalue weighted by Gasteiger charge is 2.47. The number of pyridine rings is 2. The van der Waals surface area contributed by atoms with E-state index in [-0.39, 0.29) is 18.7 Å². The summed E-state index contributed by atoms with van der Waals surface area (Å²) < 4.78 is 7.93. The molecule has 180 valence electrons. The Morgan fingerprint density at radius 3 is 2.62 bits per heavy atom. The summed E-state index contributed by atoms with van der Waals surface area (Å²) in [5, 5.41) is 23.7. The number of hydrogen-bond donors (Lipinski definition) is 3. The summed E-state index contributed by atoms with van der Waals surface area (Å²) in [5.41, 5.74) is 1.25. The van der Waals surface area contributed by atoms with Crippen LogP contribution in [-0.4, -0.2) is 49.3 Å². The molecule has 5 rings (SSSR count). The van der Waals surface area contributed by atoms with E-state index in [1.54, 1.807) is 23.6 Å². The number of nitrogens with zero attached hydrogens (tertiary/aromatic N) is 3. The fourth-order valence-electron chi connectivity index (χ4n) is 5.47. The molecule has 8 heteroatoms. The topological polar surface area (TPSA) is 109 Å². The average Bonchev–Trinajstić information content (AvgIpc) is 3.34. The van der Waals surface area contributed by atoms with Crippen molar-refractivity contribution in [2.45, 2.75) is 69.6 Å². The molecule has 2 saturated carbocycles. The first-order valence-corrected chi connectivity index (χ1v) is 12.2. The lowest BCUT2D eigenvalue weighted by Crippen LogP contribution is -2.45. The molecular formula is C26H32N4O4. The van der Waals surface area contributed by atoms with Crippen LogP contribution in [0.1, 0.15) is 66.8 Å². The predicted molar refractivity (Wildman–Crippen MR) is 127 cm³/mol. The SMILES string of the molecule is Cc1nc2c(OCC3CCCCC3)cccn2c1C(=O)NC1(c2ccccn2)C[C@@H](O)[C@@H](O)C1. The van der Waals surface area contributed by atoms with Gasteiger partial charge < -0.3 is 20.3 Å². The van der Waals surface area contributed by atoms with E-state index >= 15 is 0 Å². The van der Waals surface area contributed by atoms with Gasteiger partial charge in [0.2, 0.25) is 0 Å². The zero-order chi connectivity index (χ0) is 23.7. The Kier molecular flexibility index (Phi) is 6.27. The average molecular weight is 465 g/mol. The number of aryl methyl sites for hydroxylation is 1. The van der Waals surface area contributed by atoms with Gasteiger partial charge in [0.1, 0.15) is 5.69 Å². The van der Waals surface area contributed by atoms with Gasteiger partial charge >= 0.3 is 0 Å². The summed E-state index contributed by atoms with van der Waals surface area (Å²) in [6, 6.07) is 9.20. The van der Waals surface area contributed by atoms with Crippen molar-refractivity contribution in [3.05, 3.63) is 59.8 Å². The molecule has 34 heavy (non-hydrogen) atoms. The number of imidazole rings is 1. The molecule has 1 amide bonds. The Bertz CT molecular complexity index is 1150. The van der Waals surface area contributed by atoms with Crippen LogP contribution in [0.5, 0.6) is 5.75 Å². The van der Waals surface area contributed by atoms with Crippen molar-refractivity contribution in [1.82, 2.24) is 19.7 Å². The summed E-state index contributed by atoms with van der Waals surface area (Å²) in [6.45, 7) is 2.46. The Morgan fingerprint density at radius 2 is 1.91 bits per heavy atom. The minimum atomic E-state index is -0.969. The molecule has 0 aromatic carbocycles. The number of fused-ring (bicyclic) bond motifs is 1. The zero-order valence-corrected chi connectivity index (χ0v) is 19.5. The number of aliphatic hydroxyl groups excluding tert-OH is 2. The fourth-order valence-corrected chi connectivity index (χ4v) is 5.47. The molecule has 2 aliphatic rings. The van der Waals surface area contributed by atoms with E-state index in [2.05, 4.69) is 15.3 Å². The van der Waals surface area contributed by atoms with Crippen molar-refractivity contribution >= 4 is 11.6 Å². The van der Waals surface area contributed by atoms with Crippen LogP contribution in [0, 0.1) is 12.8 Å². The van der Waals surface area contributed by atoms with E-state index in [4.69, 9.17) is 4.74 Å². The normalized spacial score (nSPS) is 25.5. The minimum absolute atomic E-state index is 0.183. The van der Waals surface area contributed by atoms with Gasteiger partial charge in [-0.15, -0.1) is 0 Å². The molecule has 3 heterocycles. The van der Waals surface area contributed by atoms with E-state index in [9.17, 15) is 15.0 Å². The van der Waals surface area contributed by atoms with Crippen molar-refractivity contribution in [1.29, 1.82) is 0 Å². The molecule has 0 spiro atoms. The number of carbonyl (C=O) groups excluding carboxylic acids is 1. The van der Waals surface area contributed by atoms with Crippen LogP contribution in [0.25, 0.3) is 5.65 Å². The second-order valence-electron chi connectivity index (χ2n) is 9.72. The molecule has 0 aliphatic heterocycles. The van der Waals surface area contributed by atoms with E-state index < -0.39 is 17.7 Å².